The molecule has 0 heterocycles. The van der Waals surface area contributed by atoms with Crippen molar-refractivity contribution in [2.75, 3.05) is 0 Å². The molecule has 0 radical (unpaired) electrons. The van der Waals surface area contributed by atoms with Gasteiger partial charge in [-0.05, 0) is 40.5 Å². The molecule has 1 fully saturated rings. The molecule has 1 rings (SSSR count). The fourth-order valence-corrected chi connectivity index (χ4v) is 2.06. The van der Waals surface area contributed by atoms with Gasteiger partial charge in [0.25, 0.3) is 0 Å². The maximum Gasteiger partial charge on any atom is 0.310 e. The Bertz CT molecular complexity index is 293. The van der Waals surface area contributed by atoms with Crippen molar-refractivity contribution in [2.45, 2.75) is 52.3 Å². The minimum absolute atomic E-state index is 0.110. The first kappa shape index (κ1) is 13.1. The average molecular weight is 230 g/mol. The van der Waals surface area contributed by atoms with E-state index in [4.69, 9.17) is 4.74 Å². The molecule has 0 spiro atoms. The van der Waals surface area contributed by atoms with Gasteiger partial charge in [0.05, 0.1) is 5.92 Å². The van der Waals surface area contributed by atoms with Crippen LogP contribution >= 0.6 is 0 Å². The summed E-state index contributed by atoms with van der Waals surface area (Å²) in [6, 6.07) is 0. The van der Waals surface area contributed by atoms with Crippen LogP contribution in [0.25, 0.3) is 0 Å². The van der Waals surface area contributed by atoms with E-state index in [-0.39, 0.29) is 18.6 Å². The summed E-state index contributed by atoms with van der Waals surface area (Å²) in [5.41, 5.74) is -0.590. The number of rotatable bonds is 2. The summed E-state index contributed by atoms with van der Waals surface area (Å²) in [6.07, 6.45) is -0.801. The van der Waals surface area contributed by atoms with Crippen LogP contribution in [0.5, 0.6) is 0 Å². The van der Waals surface area contributed by atoms with Crippen LogP contribution in [0.1, 0.15) is 40.5 Å². The number of carbonyl (C=O) groups is 2. The molecule has 0 aromatic heterocycles. The largest absolute Gasteiger partial charge is 0.460 e. The number of carbonyl (C=O) groups excluding carboxylic acids is 2. The van der Waals surface area contributed by atoms with Gasteiger partial charge in [-0.2, -0.15) is 0 Å². The lowest BCUT2D eigenvalue weighted by molar-refractivity contribution is -0.162. The molecule has 0 bridgehead atoms. The van der Waals surface area contributed by atoms with Crippen LogP contribution < -0.4 is 0 Å². The Kier molecular flexibility index (Phi) is 3.71. The summed E-state index contributed by atoms with van der Waals surface area (Å²) in [5, 5.41) is 0. The smallest absolute Gasteiger partial charge is 0.310 e. The number of hydrogen-bond donors (Lipinski definition) is 0. The van der Waals surface area contributed by atoms with E-state index in [1.165, 1.54) is 6.92 Å². The highest BCUT2D eigenvalue weighted by atomic mass is 19.1. The van der Waals surface area contributed by atoms with Crippen molar-refractivity contribution in [1.29, 1.82) is 0 Å². The molecule has 0 aromatic carbocycles. The number of halogens is 1. The third kappa shape index (κ3) is 3.29. The maximum atomic E-state index is 13.2. The molecule has 1 unspecified atom stereocenters. The highest BCUT2D eigenvalue weighted by Crippen LogP contribution is 2.36. The summed E-state index contributed by atoms with van der Waals surface area (Å²) in [7, 11) is 0. The molecular weight excluding hydrogens is 211 g/mol. The topological polar surface area (TPSA) is 43.4 Å². The molecule has 4 heteroatoms. The van der Waals surface area contributed by atoms with Gasteiger partial charge in [-0.1, -0.05) is 0 Å². The standard InChI is InChI=1S/C12H19FO3/c1-7(14)9-5-8(13)6-10(9)11(15)16-12(2,3)4/h8-10H,5-6H2,1-4H3/t8-,9+,10?/m1/s1. The summed E-state index contributed by atoms with van der Waals surface area (Å²) in [4.78, 5) is 23.1. The molecule has 92 valence electrons. The Morgan fingerprint density at radius 2 is 1.69 bits per heavy atom. The monoisotopic (exact) mass is 230 g/mol. The number of Topliss-reactive ketones (excluding diaryl/α,β-unsaturated/α-hetero) is 1. The van der Waals surface area contributed by atoms with E-state index in [2.05, 4.69) is 0 Å². The van der Waals surface area contributed by atoms with E-state index in [0.29, 0.717) is 0 Å². The predicted octanol–water partition coefficient (Wildman–Crippen LogP) is 2.28. The second kappa shape index (κ2) is 4.52. The Morgan fingerprint density at radius 1 is 1.19 bits per heavy atom. The number of hydrogen-bond acceptors (Lipinski definition) is 3. The zero-order chi connectivity index (χ0) is 12.5. The molecule has 1 aliphatic rings. The van der Waals surface area contributed by atoms with E-state index < -0.39 is 29.6 Å². The minimum Gasteiger partial charge on any atom is -0.460 e. The van der Waals surface area contributed by atoms with Gasteiger partial charge in [-0.3, -0.25) is 9.59 Å². The van der Waals surface area contributed by atoms with Crippen LogP contribution in [-0.2, 0) is 14.3 Å². The highest BCUT2D eigenvalue weighted by molar-refractivity contribution is 5.86. The Morgan fingerprint density at radius 3 is 2.12 bits per heavy atom. The van der Waals surface area contributed by atoms with Crippen molar-refractivity contribution in [3.05, 3.63) is 0 Å². The molecule has 1 aliphatic carbocycles. The van der Waals surface area contributed by atoms with Crippen LogP contribution in [0.3, 0.4) is 0 Å². The molecule has 0 N–H and O–H groups in total. The lowest BCUT2D eigenvalue weighted by Crippen LogP contribution is -2.32. The molecule has 0 aromatic rings. The quantitative estimate of drug-likeness (QED) is 0.683. The Labute approximate surface area is 95.3 Å². The lowest BCUT2D eigenvalue weighted by atomic mass is 9.92. The summed E-state index contributed by atoms with van der Waals surface area (Å²) in [5.74, 6) is -1.69. The van der Waals surface area contributed by atoms with Crippen LogP contribution in [0, 0.1) is 11.8 Å². The summed E-state index contributed by atoms with van der Waals surface area (Å²) in [6.45, 7) is 6.68. The third-order valence-electron chi connectivity index (χ3n) is 2.74. The van der Waals surface area contributed by atoms with Gasteiger partial charge in [0.15, 0.2) is 0 Å². The maximum absolute atomic E-state index is 13.2. The van der Waals surface area contributed by atoms with Gasteiger partial charge < -0.3 is 4.74 Å². The average Bonchev–Trinajstić information content (AvgIpc) is 2.44. The molecule has 16 heavy (non-hydrogen) atoms. The first-order valence-corrected chi connectivity index (χ1v) is 5.58. The van der Waals surface area contributed by atoms with E-state index in [9.17, 15) is 14.0 Å². The minimum atomic E-state index is -1.06. The normalized spacial score (nSPS) is 30.2. The van der Waals surface area contributed by atoms with Gasteiger partial charge in [-0.15, -0.1) is 0 Å². The molecule has 1 saturated carbocycles. The van der Waals surface area contributed by atoms with Gasteiger partial charge >= 0.3 is 5.97 Å². The Balaban J connectivity index is 2.71. The van der Waals surface area contributed by atoms with Crippen molar-refractivity contribution in [1.82, 2.24) is 0 Å². The molecule has 0 aliphatic heterocycles. The van der Waals surface area contributed by atoms with E-state index in [0.717, 1.165) is 0 Å². The zero-order valence-corrected chi connectivity index (χ0v) is 10.2. The van der Waals surface area contributed by atoms with Gasteiger partial charge in [-0.25, -0.2) is 4.39 Å². The molecule has 3 nitrogen and oxygen atoms in total. The second-order valence-electron chi connectivity index (χ2n) is 5.43. The lowest BCUT2D eigenvalue weighted by Gasteiger charge is -2.23. The van der Waals surface area contributed by atoms with E-state index in [1.807, 2.05) is 0 Å². The van der Waals surface area contributed by atoms with Crippen LogP contribution in [0.15, 0.2) is 0 Å². The molecular formula is C12H19FO3. The van der Waals surface area contributed by atoms with Gasteiger partial charge in [0.2, 0.25) is 0 Å². The fourth-order valence-electron chi connectivity index (χ4n) is 2.06. The van der Waals surface area contributed by atoms with Crippen molar-refractivity contribution < 1.29 is 18.7 Å². The molecule has 0 amide bonds. The number of esters is 1. The van der Waals surface area contributed by atoms with Crippen LogP contribution in [0.2, 0.25) is 0 Å². The third-order valence-corrected chi connectivity index (χ3v) is 2.74. The number of ketones is 1. The van der Waals surface area contributed by atoms with Crippen LogP contribution in [-0.4, -0.2) is 23.5 Å². The van der Waals surface area contributed by atoms with Crippen molar-refractivity contribution >= 4 is 11.8 Å². The number of alkyl halides is 1. The van der Waals surface area contributed by atoms with Crippen LogP contribution in [0.4, 0.5) is 4.39 Å². The zero-order valence-electron chi connectivity index (χ0n) is 10.2. The van der Waals surface area contributed by atoms with Crippen molar-refractivity contribution in [3.8, 4) is 0 Å². The summed E-state index contributed by atoms with van der Waals surface area (Å²) < 4.78 is 18.4. The Hall–Kier alpha value is -0.930. The summed E-state index contributed by atoms with van der Waals surface area (Å²) >= 11 is 0. The highest BCUT2D eigenvalue weighted by Gasteiger charge is 2.43. The number of ether oxygens (including phenoxy) is 1. The first-order chi connectivity index (χ1) is 7.20. The van der Waals surface area contributed by atoms with Crippen molar-refractivity contribution in [2.24, 2.45) is 11.8 Å². The second-order valence-corrected chi connectivity index (χ2v) is 5.43. The van der Waals surface area contributed by atoms with Gasteiger partial charge in [0, 0.05) is 5.92 Å². The SMILES string of the molecule is CC(=O)[C@@H]1C[C@@H](F)CC1C(=O)OC(C)(C)C. The van der Waals surface area contributed by atoms with E-state index >= 15 is 0 Å². The first-order valence-electron chi connectivity index (χ1n) is 5.58. The van der Waals surface area contributed by atoms with Gasteiger partial charge in [0.1, 0.15) is 17.6 Å². The molecule has 0 saturated heterocycles. The van der Waals surface area contributed by atoms with E-state index in [1.54, 1.807) is 20.8 Å². The van der Waals surface area contributed by atoms with Crippen molar-refractivity contribution in [3.63, 3.8) is 0 Å². The molecule has 3 atom stereocenters. The predicted molar refractivity (Wildman–Crippen MR) is 57.6 cm³/mol. The fraction of sp³-hybridized carbons (Fsp3) is 0.833.